The van der Waals surface area contributed by atoms with Crippen LogP contribution in [0.4, 0.5) is 0 Å². The van der Waals surface area contributed by atoms with Gasteiger partial charge in [-0.2, -0.15) is 0 Å². The van der Waals surface area contributed by atoms with Crippen LogP contribution in [0.2, 0.25) is 5.02 Å². The molecule has 1 aromatic rings. The summed E-state index contributed by atoms with van der Waals surface area (Å²) >= 11 is 6.30. The van der Waals surface area contributed by atoms with Gasteiger partial charge in [-0.15, -0.1) is 0 Å². The third kappa shape index (κ3) is 3.43. The van der Waals surface area contributed by atoms with Crippen molar-refractivity contribution >= 4 is 23.3 Å². The molecule has 0 aromatic heterocycles. The summed E-state index contributed by atoms with van der Waals surface area (Å²) < 4.78 is 6.33. The molecule has 138 valence electrons. The molecule has 0 atom stereocenters. The van der Waals surface area contributed by atoms with Crippen LogP contribution < -0.4 is 4.74 Å². The zero-order valence-electron chi connectivity index (χ0n) is 15.5. The fraction of sp³-hybridized carbons (Fsp3) is 0.429. The third-order valence-electron chi connectivity index (χ3n) is 5.26. The number of carbonyl (C=O) groups is 2. The summed E-state index contributed by atoms with van der Waals surface area (Å²) in [5.74, 6) is 0.714. The maximum absolute atomic E-state index is 12.8. The van der Waals surface area contributed by atoms with Crippen LogP contribution in [0, 0.1) is 13.8 Å². The first kappa shape index (κ1) is 18.7. The number of Topliss-reactive ketones (excluding diaryl/α,β-unsaturated/α-hetero) is 1. The molecule has 0 radical (unpaired) electrons. The number of hydrogen-bond acceptors (Lipinski definition) is 3. The number of piperidine rings is 1. The molecular weight excluding hydrogens is 350 g/mol. The van der Waals surface area contributed by atoms with E-state index in [0.717, 1.165) is 11.1 Å². The fourth-order valence-corrected chi connectivity index (χ4v) is 3.92. The van der Waals surface area contributed by atoms with Crippen molar-refractivity contribution in [3.8, 4) is 5.75 Å². The van der Waals surface area contributed by atoms with E-state index >= 15 is 0 Å². The minimum atomic E-state index is -0.513. The highest BCUT2D eigenvalue weighted by molar-refractivity contribution is 6.32. The van der Waals surface area contributed by atoms with E-state index in [4.69, 9.17) is 16.3 Å². The lowest BCUT2D eigenvalue weighted by atomic mass is 9.81. The number of allylic oxidation sites excluding steroid dienone is 3. The fourth-order valence-electron chi connectivity index (χ4n) is 3.77. The third-order valence-corrected chi connectivity index (χ3v) is 5.84. The van der Waals surface area contributed by atoms with Gasteiger partial charge in [0.25, 0.3) is 0 Å². The summed E-state index contributed by atoms with van der Waals surface area (Å²) in [6.45, 7) is 6.88. The Labute approximate surface area is 159 Å². The van der Waals surface area contributed by atoms with Gasteiger partial charge in [0.05, 0.1) is 12.0 Å². The molecular formula is C21H24ClNO3. The first-order valence-corrected chi connectivity index (χ1v) is 9.35. The van der Waals surface area contributed by atoms with Gasteiger partial charge in [-0.25, -0.2) is 0 Å². The number of halogens is 1. The second kappa shape index (κ2) is 7.28. The summed E-state index contributed by atoms with van der Waals surface area (Å²) in [6, 6.07) is 1.86. The largest absolute Gasteiger partial charge is 0.486 e. The van der Waals surface area contributed by atoms with Crippen molar-refractivity contribution in [3.63, 3.8) is 0 Å². The number of likely N-dealkylation sites (tertiary alicyclic amines) is 1. The second-order valence-electron chi connectivity index (χ2n) is 7.10. The standard InChI is InChI=1S/C21H24ClNO3/c1-4-5-6-7-18(25)23-10-8-21(9-11-23)13-16(24)19-15(3)20(22)14(2)12-17(19)26-21/h4-7,12H,8-11,13H2,1-3H3/b5-4+,7-6+. The number of ketones is 1. The molecule has 1 fully saturated rings. The highest BCUT2D eigenvalue weighted by Crippen LogP contribution is 2.43. The maximum Gasteiger partial charge on any atom is 0.246 e. The monoisotopic (exact) mass is 373 g/mol. The maximum atomic E-state index is 12.8. The van der Waals surface area contributed by atoms with Gasteiger partial charge >= 0.3 is 0 Å². The second-order valence-corrected chi connectivity index (χ2v) is 7.48. The highest BCUT2D eigenvalue weighted by atomic mass is 35.5. The van der Waals surface area contributed by atoms with Crippen LogP contribution in [0.1, 0.15) is 47.7 Å². The van der Waals surface area contributed by atoms with Crippen LogP contribution in [-0.2, 0) is 4.79 Å². The van der Waals surface area contributed by atoms with E-state index < -0.39 is 5.60 Å². The Hall–Kier alpha value is -2.07. The first-order chi connectivity index (χ1) is 12.4. The van der Waals surface area contributed by atoms with Crippen molar-refractivity contribution in [3.05, 3.63) is 52.1 Å². The molecule has 4 nitrogen and oxygen atoms in total. The smallest absolute Gasteiger partial charge is 0.246 e. The molecule has 1 spiro atoms. The molecule has 0 aliphatic carbocycles. The Morgan fingerprint density at radius 2 is 1.96 bits per heavy atom. The molecule has 0 N–H and O–H groups in total. The molecule has 0 unspecified atom stereocenters. The highest BCUT2D eigenvalue weighted by Gasteiger charge is 2.44. The average molecular weight is 374 g/mol. The molecule has 0 bridgehead atoms. The van der Waals surface area contributed by atoms with Gasteiger partial charge in [0.2, 0.25) is 5.91 Å². The van der Waals surface area contributed by atoms with Crippen molar-refractivity contribution in [2.24, 2.45) is 0 Å². The first-order valence-electron chi connectivity index (χ1n) is 8.97. The number of rotatable bonds is 2. The number of nitrogens with zero attached hydrogens (tertiary/aromatic N) is 1. The van der Waals surface area contributed by atoms with Gasteiger partial charge in [0, 0.05) is 37.0 Å². The lowest BCUT2D eigenvalue weighted by Crippen LogP contribution is -2.52. The number of ether oxygens (including phenoxy) is 1. The Morgan fingerprint density at radius 1 is 1.27 bits per heavy atom. The lowest BCUT2D eigenvalue weighted by molar-refractivity contribution is -0.129. The van der Waals surface area contributed by atoms with E-state index in [1.54, 1.807) is 12.2 Å². The number of carbonyl (C=O) groups excluding carboxylic acids is 2. The predicted octanol–water partition coefficient (Wildman–Crippen LogP) is 4.42. The molecule has 1 aromatic carbocycles. The van der Waals surface area contributed by atoms with Crippen LogP contribution in [0.25, 0.3) is 0 Å². The molecule has 2 aliphatic heterocycles. The molecule has 2 heterocycles. The molecule has 0 saturated carbocycles. The number of hydrogen-bond donors (Lipinski definition) is 0. The SMILES string of the molecule is C/C=C/C=C/C(=O)N1CCC2(CC1)CC(=O)c1c(cc(C)c(Cl)c1C)O2. The average Bonchev–Trinajstić information content (AvgIpc) is 2.60. The van der Waals surface area contributed by atoms with Gasteiger partial charge in [0.15, 0.2) is 5.78 Å². The molecule has 1 saturated heterocycles. The van der Waals surface area contributed by atoms with E-state index in [2.05, 4.69) is 0 Å². The van der Waals surface area contributed by atoms with Gasteiger partial charge in [-0.1, -0.05) is 29.8 Å². The Morgan fingerprint density at radius 3 is 2.62 bits per heavy atom. The van der Waals surface area contributed by atoms with Crippen molar-refractivity contribution < 1.29 is 14.3 Å². The minimum Gasteiger partial charge on any atom is -0.486 e. The Bertz CT molecular complexity index is 802. The van der Waals surface area contributed by atoms with Crippen molar-refractivity contribution in [2.45, 2.75) is 45.6 Å². The number of benzene rings is 1. The Balaban J connectivity index is 1.76. The zero-order valence-corrected chi connectivity index (χ0v) is 16.2. The van der Waals surface area contributed by atoms with Gasteiger partial charge in [-0.05, 0) is 38.0 Å². The van der Waals surface area contributed by atoms with Gasteiger partial charge < -0.3 is 9.64 Å². The quantitative estimate of drug-likeness (QED) is 0.569. The Kier molecular flexibility index (Phi) is 5.24. The van der Waals surface area contributed by atoms with Crippen LogP contribution in [0.5, 0.6) is 5.75 Å². The molecule has 3 rings (SSSR count). The minimum absolute atomic E-state index is 0.000966. The van der Waals surface area contributed by atoms with Gasteiger partial charge in [0.1, 0.15) is 11.4 Å². The van der Waals surface area contributed by atoms with Crippen LogP contribution in [0.15, 0.2) is 30.4 Å². The van der Waals surface area contributed by atoms with E-state index in [9.17, 15) is 9.59 Å². The summed E-state index contributed by atoms with van der Waals surface area (Å²) in [5.41, 5.74) is 1.80. The molecule has 26 heavy (non-hydrogen) atoms. The van der Waals surface area contributed by atoms with Crippen molar-refractivity contribution in [1.82, 2.24) is 4.90 Å². The summed E-state index contributed by atoms with van der Waals surface area (Å²) in [6.07, 6.45) is 8.69. The van der Waals surface area contributed by atoms with Gasteiger partial charge in [-0.3, -0.25) is 9.59 Å². The van der Waals surface area contributed by atoms with E-state index in [0.29, 0.717) is 48.7 Å². The normalized spacial score (nSPS) is 19.2. The van der Waals surface area contributed by atoms with E-state index in [1.807, 2.05) is 43.9 Å². The van der Waals surface area contributed by atoms with Crippen LogP contribution in [0.3, 0.4) is 0 Å². The summed E-state index contributed by atoms with van der Waals surface area (Å²) in [7, 11) is 0. The number of fused-ring (bicyclic) bond motifs is 1. The topological polar surface area (TPSA) is 46.6 Å². The summed E-state index contributed by atoms with van der Waals surface area (Å²) in [5, 5.41) is 0.630. The summed E-state index contributed by atoms with van der Waals surface area (Å²) in [4.78, 5) is 26.8. The number of aryl methyl sites for hydroxylation is 1. The zero-order chi connectivity index (χ0) is 18.9. The van der Waals surface area contributed by atoms with E-state index in [1.165, 1.54) is 0 Å². The molecule has 2 aliphatic rings. The molecule has 1 amide bonds. The molecule has 5 heteroatoms. The number of amides is 1. The van der Waals surface area contributed by atoms with E-state index in [-0.39, 0.29) is 11.7 Å². The van der Waals surface area contributed by atoms with Crippen LogP contribution >= 0.6 is 11.6 Å². The van der Waals surface area contributed by atoms with Crippen molar-refractivity contribution in [1.29, 1.82) is 0 Å². The predicted molar refractivity (Wildman–Crippen MR) is 103 cm³/mol. The van der Waals surface area contributed by atoms with Crippen LogP contribution in [-0.4, -0.2) is 35.3 Å². The van der Waals surface area contributed by atoms with Crippen molar-refractivity contribution in [2.75, 3.05) is 13.1 Å². The lowest BCUT2D eigenvalue weighted by Gasteiger charge is -2.44.